The van der Waals surface area contributed by atoms with Gasteiger partial charge in [-0.1, -0.05) is 73.0 Å². The predicted molar refractivity (Wildman–Crippen MR) is 161 cm³/mol. The molecule has 0 bridgehead atoms. The maximum absolute atomic E-state index is 14.0. The van der Waals surface area contributed by atoms with E-state index in [4.69, 9.17) is 11.6 Å². The molecule has 0 radical (unpaired) electrons. The van der Waals surface area contributed by atoms with Crippen LogP contribution in [0.25, 0.3) is 0 Å². The molecule has 3 rings (SSSR count). The van der Waals surface area contributed by atoms with E-state index in [-0.39, 0.29) is 17.4 Å². The first-order valence-corrected chi connectivity index (χ1v) is 15.4. The maximum Gasteiger partial charge on any atom is 0.417 e. The molecule has 0 unspecified atom stereocenters. The van der Waals surface area contributed by atoms with E-state index >= 15 is 0 Å². The van der Waals surface area contributed by atoms with Crippen LogP contribution in [0.4, 0.5) is 18.9 Å². The van der Waals surface area contributed by atoms with E-state index in [2.05, 4.69) is 5.32 Å². The topological polar surface area (TPSA) is 86.8 Å². The number of anilines is 1. The number of carbonyl (C=O) groups excluding carboxylic acids is 2. The summed E-state index contributed by atoms with van der Waals surface area (Å²) in [4.78, 5) is 28.0. The van der Waals surface area contributed by atoms with E-state index < -0.39 is 56.9 Å². The van der Waals surface area contributed by atoms with Crippen molar-refractivity contribution in [2.24, 2.45) is 5.92 Å². The molecule has 0 saturated heterocycles. The zero-order valence-corrected chi connectivity index (χ0v) is 26.1. The first-order chi connectivity index (χ1) is 20.0. The Labute approximate surface area is 255 Å². The first kappa shape index (κ1) is 33.9. The summed E-state index contributed by atoms with van der Waals surface area (Å²) in [5.41, 5.74) is 0.765. The Bertz CT molecular complexity index is 1540. The average molecular weight is 638 g/mol. The molecule has 7 nitrogen and oxygen atoms in total. The Kier molecular flexibility index (Phi) is 10.9. The minimum Gasteiger partial charge on any atom is -0.354 e. The fraction of sp³-hybridized carbons (Fsp3) is 0.355. The average Bonchev–Trinajstić information content (AvgIpc) is 2.93. The summed E-state index contributed by atoms with van der Waals surface area (Å²) in [5.74, 6) is -1.10. The second kappa shape index (κ2) is 13.8. The highest BCUT2D eigenvalue weighted by molar-refractivity contribution is 7.92. The Morgan fingerprint density at radius 1 is 0.907 bits per heavy atom. The molecular weight excluding hydrogens is 603 g/mol. The second-order valence-electron chi connectivity index (χ2n) is 10.8. The third kappa shape index (κ3) is 8.73. The molecular formula is C31H35ClF3N3O4S. The lowest BCUT2D eigenvalue weighted by molar-refractivity contribution is -0.139. The SMILES string of the molecule is Cc1ccc(CN(C(=O)CN(c2ccc(Cl)c(C(F)(F)F)c2)S(=O)(=O)c2ccc(C)cc2)[C@@H](C)C(=O)NCC(C)C)cc1. The van der Waals surface area contributed by atoms with Crippen LogP contribution in [0.5, 0.6) is 0 Å². The number of amides is 2. The van der Waals surface area contributed by atoms with E-state index in [1.165, 1.54) is 24.0 Å². The smallest absolute Gasteiger partial charge is 0.354 e. The van der Waals surface area contributed by atoms with Crippen LogP contribution in [-0.4, -0.2) is 44.3 Å². The van der Waals surface area contributed by atoms with Gasteiger partial charge >= 0.3 is 6.18 Å². The van der Waals surface area contributed by atoms with Gasteiger partial charge in [-0.25, -0.2) is 8.42 Å². The van der Waals surface area contributed by atoms with E-state index in [1.54, 1.807) is 31.2 Å². The van der Waals surface area contributed by atoms with E-state index in [0.29, 0.717) is 22.5 Å². The highest BCUT2D eigenvalue weighted by atomic mass is 35.5. The van der Waals surface area contributed by atoms with Crippen LogP contribution in [0, 0.1) is 19.8 Å². The van der Waals surface area contributed by atoms with Gasteiger partial charge in [-0.05, 0) is 62.6 Å². The summed E-state index contributed by atoms with van der Waals surface area (Å²) in [6.07, 6.45) is -4.88. The number of aryl methyl sites for hydroxylation is 2. The fourth-order valence-electron chi connectivity index (χ4n) is 4.18. The molecule has 0 saturated carbocycles. The number of alkyl halides is 3. The third-order valence-electron chi connectivity index (χ3n) is 6.76. The lowest BCUT2D eigenvalue weighted by atomic mass is 10.1. The monoisotopic (exact) mass is 637 g/mol. The van der Waals surface area contributed by atoms with Crippen molar-refractivity contribution in [2.75, 3.05) is 17.4 Å². The van der Waals surface area contributed by atoms with E-state index in [9.17, 15) is 31.2 Å². The molecule has 2 amide bonds. The van der Waals surface area contributed by atoms with Crippen molar-refractivity contribution in [1.82, 2.24) is 10.2 Å². The maximum atomic E-state index is 14.0. The third-order valence-corrected chi connectivity index (χ3v) is 8.87. The summed E-state index contributed by atoms with van der Waals surface area (Å²) >= 11 is 5.81. The number of halogens is 4. The Morgan fingerprint density at radius 2 is 1.47 bits per heavy atom. The van der Waals surface area contributed by atoms with Crippen molar-refractivity contribution in [3.05, 3.63) is 94.0 Å². The van der Waals surface area contributed by atoms with Crippen LogP contribution < -0.4 is 9.62 Å². The Balaban J connectivity index is 2.10. The zero-order valence-electron chi connectivity index (χ0n) is 24.6. The Morgan fingerprint density at radius 3 is 2.00 bits per heavy atom. The van der Waals surface area contributed by atoms with Crippen LogP contribution in [0.2, 0.25) is 5.02 Å². The molecule has 0 heterocycles. The zero-order chi connectivity index (χ0) is 32.1. The van der Waals surface area contributed by atoms with Gasteiger partial charge in [0.05, 0.1) is 21.2 Å². The molecule has 0 aliphatic rings. The summed E-state index contributed by atoms with van der Waals surface area (Å²) in [5, 5.41) is 2.17. The van der Waals surface area contributed by atoms with Crippen molar-refractivity contribution >= 4 is 39.1 Å². The van der Waals surface area contributed by atoms with Crippen LogP contribution in [0.1, 0.15) is 43.0 Å². The van der Waals surface area contributed by atoms with Gasteiger partial charge in [0.25, 0.3) is 10.0 Å². The Hall–Kier alpha value is -3.57. The molecule has 3 aromatic carbocycles. The van der Waals surface area contributed by atoms with E-state index in [1.807, 2.05) is 32.9 Å². The lowest BCUT2D eigenvalue weighted by Crippen LogP contribution is -2.51. The summed E-state index contributed by atoms with van der Waals surface area (Å²) in [7, 11) is -4.55. The predicted octanol–water partition coefficient (Wildman–Crippen LogP) is 6.36. The minimum absolute atomic E-state index is 0.0395. The number of carbonyl (C=O) groups is 2. The summed E-state index contributed by atoms with van der Waals surface area (Å²) in [6, 6.07) is 14.6. The number of nitrogens with one attached hydrogen (secondary N) is 1. The molecule has 1 N–H and O–H groups in total. The van der Waals surface area contributed by atoms with Crippen LogP contribution >= 0.6 is 11.6 Å². The van der Waals surface area contributed by atoms with Crippen LogP contribution in [0.15, 0.2) is 71.6 Å². The summed E-state index contributed by atoms with van der Waals surface area (Å²) in [6.45, 7) is 8.43. The summed E-state index contributed by atoms with van der Waals surface area (Å²) < 4.78 is 69.7. The number of benzene rings is 3. The minimum atomic E-state index is -4.88. The normalized spacial score (nSPS) is 12.6. The van der Waals surface area contributed by atoms with Crippen molar-refractivity contribution in [3.63, 3.8) is 0 Å². The molecule has 0 aliphatic heterocycles. The molecule has 0 spiro atoms. The molecule has 0 aromatic heterocycles. The van der Waals surface area contributed by atoms with Crippen molar-refractivity contribution in [3.8, 4) is 0 Å². The number of nitrogens with zero attached hydrogens (tertiary/aromatic N) is 2. The quantitative estimate of drug-likeness (QED) is 0.265. The fourth-order valence-corrected chi connectivity index (χ4v) is 5.81. The van der Waals surface area contributed by atoms with Gasteiger partial charge in [0.15, 0.2) is 0 Å². The molecule has 0 fully saturated rings. The van der Waals surface area contributed by atoms with Gasteiger partial charge in [-0.3, -0.25) is 13.9 Å². The number of hydrogen-bond acceptors (Lipinski definition) is 4. The van der Waals surface area contributed by atoms with Gasteiger partial charge < -0.3 is 10.2 Å². The molecule has 43 heavy (non-hydrogen) atoms. The standard InChI is InChI=1S/C31H35ClF3N3O4S/c1-20(2)17-36-30(40)23(5)37(18-24-10-6-21(3)7-11-24)29(39)19-38(43(41,42)26-13-8-22(4)9-14-26)25-12-15-28(32)27(16-25)31(33,34)35/h6-16,20,23H,17-19H2,1-5H3,(H,36,40)/t23-/m0/s1. The molecule has 1 atom stereocenters. The highest BCUT2D eigenvalue weighted by Gasteiger charge is 2.37. The van der Waals surface area contributed by atoms with Crippen LogP contribution in [-0.2, 0) is 32.3 Å². The van der Waals surface area contributed by atoms with Gasteiger partial charge in [0.1, 0.15) is 12.6 Å². The van der Waals surface area contributed by atoms with Crippen LogP contribution in [0.3, 0.4) is 0 Å². The molecule has 232 valence electrons. The van der Waals surface area contributed by atoms with Crippen molar-refractivity contribution in [2.45, 2.75) is 58.3 Å². The van der Waals surface area contributed by atoms with Crippen molar-refractivity contribution < 1.29 is 31.2 Å². The van der Waals surface area contributed by atoms with Gasteiger partial charge in [-0.15, -0.1) is 0 Å². The highest BCUT2D eigenvalue weighted by Crippen LogP contribution is 2.38. The number of rotatable bonds is 11. The van der Waals surface area contributed by atoms with Gasteiger partial charge in [0, 0.05) is 13.1 Å². The number of hydrogen-bond donors (Lipinski definition) is 1. The molecule has 12 heteroatoms. The molecule has 0 aliphatic carbocycles. The number of sulfonamides is 1. The second-order valence-corrected chi connectivity index (χ2v) is 13.1. The largest absolute Gasteiger partial charge is 0.417 e. The van der Waals surface area contributed by atoms with E-state index in [0.717, 1.165) is 23.3 Å². The van der Waals surface area contributed by atoms with Gasteiger partial charge in [-0.2, -0.15) is 13.2 Å². The first-order valence-electron chi connectivity index (χ1n) is 13.6. The molecule has 3 aromatic rings. The van der Waals surface area contributed by atoms with Gasteiger partial charge in [0.2, 0.25) is 11.8 Å². The lowest BCUT2D eigenvalue weighted by Gasteiger charge is -2.32. The van der Waals surface area contributed by atoms with Crippen molar-refractivity contribution in [1.29, 1.82) is 0 Å².